The van der Waals surface area contributed by atoms with Gasteiger partial charge < -0.3 is 14.5 Å². The number of pyridine rings is 1. The van der Waals surface area contributed by atoms with Crippen molar-refractivity contribution in [2.75, 3.05) is 5.32 Å². The van der Waals surface area contributed by atoms with Crippen LogP contribution in [0.2, 0.25) is 0 Å². The van der Waals surface area contributed by atoms with Crippen molar-refractivity contribution in [2.45, 2.75) is 19.4 Å². The van der Waals surface area contributed by atoms with Crippen LogP contribution in [-0.4, -0.2) is 21.5 Å². The lowest BCUT2D eigenvalue weighted by Gasteiger charge is -2.25. The van der Waals surface area contributed by atoms with Crippen LogP contribution in [-0.2, 0) is 4.79 Å². The fourth-order valence-electron chi connectivity index (χ4n) is 2.75. The molecule has 2 aromatic carbocycles. The molecular weight excluding hydrogens is 434 g/mol. The van der Waals surface area contributed by atoms with Gasteiger partial charge in [-0.15, -0.1) is 0 Å². The van der Waals surface area contributed by atoms with Gasteiger partial charge in [-0.3, -0.25) is 4.79 Å². The number of ether oxygens (including phenoxy) is 1. The van der Waals surface area contributed by atoms with Crippen molar-refractivity contribution in [3.8, 4) is 17.2 Å². The minimum absolute atomic E-state index is 0.267. The first-order valence-corrected chi connectivity index (χ1v) is 9.78. The van der Waals surface area contributed by atoms with Crippen molar-refractivity contribution in [3.05, 3.63) is 71.3 Å². The number of amides is 1. The summed E-state index contributed by atoms with van der Waals surface area (Å²) < 4.78 is 12.6. The molecule has 0 bridgehead atoms. The summed E-state index contributed by atoms with van der Waals surface area (Å²) >= 11 is 3.38. The van der Waals surface area contributed by atoms with Crippen LogP contribution in [0, 0.1) is 0 Å². The van der Waals surface area contributed by atoms with Gasteiger partial charge >= 0.3 is 0 Å². The second kappa shape index (κ2) is 7.67. The van der Waals surface area contributed by atoms with Gasteiger partial charge in [0.05, 0.1) is 0 Å². The fraction of sp³-hybridized carbons (Fsp3) is 0.136. The highest BCUT2D eigenvalue weighted by molar-refractivity contribution is 9.10. The van der Waals surface area contributed by atoms with Gasteiger partial charge in [-0.25, -0.2) is 4.98 Å². The zero-order valence-electron chi connectivity index (χ0n) is 15.8. The molecule has 146 valence electrons. The van der Waals surface area contributed by atoms with E-state index < -0.39 is 5.60 Å². The van der Waals surface area contributed by atoms with E-state index in [1.807, 2.05) is 30.3 Å². The van der Waals surface area contributed by atoms with Crippen molar-refractivity contribution < 1.29 is 13.9 Å². The molecule has 0 saturated heterocycles. The van der Waals surface area contributed by atoms with Crippen molar-refractivity contribution in [2.24, 2.45) is 0 Å². The van der Waals surface area contributed by atoms with Crippen molar-refractivity contribution in [3.63, 3.8) is 0 Å². The third-order valence-corrected chi connectivity index (χ3v) is 4.79. The van der Waals surface area contributed by atoms with Crippen LogP contribution in [0.3, 0.4) is 0 Å². The average Bonchev–Trinajstić information content (AvgIpc) is 3.14. The SMILES string of the molecule is CC(C)(Oc1ccc(Br)cc1)C(=O)Nc1cccc(-c2nc3ncccc3o2)c1. The van der Waals surface area contributed by atoms with Crippen molar-refractivity contribution >= 4 is 38.8 Å². The number of halogens is 1. The molecule has 0 atom stereocenters. The quantitative estimate of drug-likeness (QED) is 0.436. The highest BCUT2D eigenvalue weighted by Crippen LogP contribution is 2.26. The zero-order valence-corrected chi connectivity index (χ0v) is 17.4. The number of oxazole rings is 1. The first kappa shape index (κ1) is 19.1. The molecular formula is C22H18BrN3O3. The molecule has 4 rings (SSSR count). The molecule has 1 amide bonds. The highest BCUT2D eigenvalue weighted by Gasteiger charge is 2.30. The summed E-state index contributed by atoms with van der Waals surface area (Å²) in [7, 11) is 0. The van der Waals surface area contributed by atoms with E-state index in [4.69, 9.17) is 9.15 Å². The summed E-state index contributed by atoms with van der Waals surface area (Å²) in [5.74, 6) is 0.790. The number of nitrogens with zero attached hydrogens (tertiary/aromatic N) is 2. The van der Waals surface area contributed by atoms with Gasteiger partial charge in [-0.2, -0.15) is 4.98 Å². The Morgan fingerprint density at radius 3 is 2.66 bits per heavy atom. The molecule has 0 aliphatic carbocycles. The maximum Gasteiger partial charge on any atom is 0.267 e. The number of hydrogen-bond acceptors (Lipinski definition) is 5. The number of aromatic nitrogens is 2. The molecule has 0 saturated carbocycles. The summed E-state index contributed by atoms with van der Waals surface area (Å²) in [6.07, 6.45) is 1.67. The number of benzene rings is 2. The predicted octanol–water partition coefficient (Wildman–Crippen LogP) is 5.45. The van der Waals surface area contributed by atoms with E-state index in [1.165, 1.54) is 0 Å². The van der Waals surface area contributed by atoms with E-state index in [0.29, 0.717) is 28.6 Å². The summed E-state index contributed by atoms with van der Waals surface area (Å²) in [5.41, 5.74) is 1.45. The van der Waals surface area contributed by atoms with Crippen molar-refractivity contribution in [1.29, 1.82) is 0 Å². The molecule has 2 heterocycles. The van der Waals surface area contributed by atoms with E-state index in [9.17, 15) is 4.79 Å². The summed E-state index contributed by atoms with van der Waals surface area (Å²) in [6.45, 7) is 3.45. The van der Waals surface area contributed by atoms with Gasteiger partial charge in [0.1, 0.15) is 5.75 Å². The Kier molecular flexibility index (Phi) is 5.07. The highest BCUT2D eigenvalue weighted by atomic mass is 79.9. The number of anilines is 1. The van der Waals surface area contributed by atoms with E-state index in [0.717, 1.165) is 10.0 Å². The third-order valence-electron chi connectivity index (χ3n) is 4.27. The average molecular weight is 452 g/mol. The lowest BCUT2D eigenvalue weighted by Crippen LogP contribution is -2.42. The second-order valence-corrected chi connectivity index (χ2v) is 7.86. The van der Waals surface area contributed by atoms with Gasteiger partial charge in [-0.1, -0.05) is 22.0 Å². The number of carbonyl (C=O) groups excluding carboxylic acids is 1. The molecule has 0 unspecified atom stereocenters. The van der Waals surface area contributed by atoms with Crippen molar-refractivity contribution in [1.82, 2.24) is 9.97 Å². The van der Waals surface area contributed by atoms with E-state index >= 15 is 0 Å². The van der Waals surface area contributed by atoms with Crippen LogP contribution in [0.15, 0.2) is 75.8 Å². The van der Waals surface area contributed by atoms with Crippen LogP contribution in [0.5, 0.6) is 5.75 Å². The Bertz CT molecular complexity index is 1140. The Morgan fingerprint density at radius 2 is 1.90 bits per heavy atom. The summed E-state index contributed by atoms with van der Waals surface area (Å²) in [5, 5.41) is 2.90. The Hall–Kier alpha value is -3.19. The maximum atomic E-state index is 12.8. The smallest absolute Gasteiger partial charge is 0.267 e. The molecule has 4 aromatic rings. The monoisotopic (exact) mass is 451 g/mol. The summed E-state index contributed by atoms with van der Waals surface area (Å²) in [4.78, 5) is 21.4. The van der Waals surface area contributed by atoms with Crippen LogP contribution in [0.4, 0.5) is 5.69 Å². The maximum absolute atomic E-state index is 12.8. The normalized spacial score (nSPS) is 11.4. The lowest BCUT2D eigenvalue weighted by molar-refractivity contribution is -0.128. The van der Waals surface area contributed by atoms with E-state index in [-0.39, 0.29) is 5.91 Å². The standard InChI is InChI=1S/C22H18BrN3O3/c1-22(2,29-17-10-8-15(23)9-11-17)21(27)25-16-6-3-5-14(13-16)20-26-19-18(28-20)7-4-12-24-19/h3-13H,1-2H3,(H,25,27). The molecule has 0 aliphatic rings. The molecule has 0 spiro atoms. The topological polar surface area (TPSA) is 77.2 Å². The summed E-state index contributed by atoms with van der Waals surface area (Å²) in [6, 6.07) is 18.2. The number of hydrogen-bond donors (Lipinski definition) is 1. The van der Waals surface area contributed by atoms with Crippen LogP contribution >= 0.6 is 15.9 Å². The minimum atomic E-state index is -1.06. The predicted molar refractivity (Wildman–Crippen MR) is 115 cm³/mol. The fourth-order valence-corrected chi connectivity index (χ4v) is 3.01. The first-order chi connectivity index (χ1) is 13.9. The number of carbonyl (C=O) groups is 1. The lowest BCUT2D eigenvalue weighted by atomic mass is 10.1. The van der Waals surface area contributed by atoms with Gasteiger partial charge in [-0.05, 0) is 68.4 Å². The Labute approximate surface area is 176 Å². The van der Waals surface area contributed by atoms with E-state index in [1.54, 1.807) is 50.4 Å². The van der Waals surface area contributed by atoms with E-state index in [2.05, 4.69) is 31.2 Å². The molecule has 29 heavy (non-hydrogen) atoms. The number of nitrogens with one attached hydrogen (secondary N) is 1. The molecule has 6 nitrogen and oxygen atoms in total. The third kappa shape index (κ3) is 4.30. The molecule has 1 N–H and O–H groups in total. The van der Waals surface area contributed by atoms with Crippen LogP contribution in [0.25, 0.3) is 22.7 Å². The Balaban J connectivity index is 1.52. The second-order valence-electron chi connectivity index (χ2n) is 6.95. The Morgan fingerprint density at radius 1 is 1.10 bits per heavy atom. The van der Waals surface area contributed by atoms with Gasteiger partial charge in [0, 0.05) is 21.9 Å². The molecule has 0 fully saturated rings. The van der Waals surface area contributed by atoms with Gasteiger partial charge in [0.25, 0.3) is 5.91 Å². The first-order valence-electron chi connectivity index (χ1n) is 8.99. The van der Waals surface area contributed by atoms with Crippen LogP contribution < -0.4 is 10.1 Å². The van der Waals surface area contributed by atoms with Gasteiger partial charge in [0.15, 0.2) is 16.8 Å². The molecule has 2 aromatic heterocycles. The molecule has 0 radical (unpaired) electrons. The number of fused-ring (bicyclic) bond motifs is 1. The zero-order chi connectivity index (χ0) is 20.4. The van der Waals surface area contributed by atoms with Gasteiger partial charge in [0.2, 0.25) is 5.89 Å². The minimum Gasteiger partial charge on any atom is -0.478 e. The number of rotatable bonds is 5. The molecule has 7 heteroatoms. The molecule has 0 aliphatic heterocycles. The van der Waals surface area contributed by atoms with Crippen LogP contribution in [0.1, 0.15) is 13.8 Å². The largest absolute Gasteiger partial charge is 0.478 e.